The van der Waals surface area contributed by atoms with Crippen molar-refractivity contribution in [3.63, 3.8) is 0 Å². The van der Waals surface area contributed by atoms with E-state index in [0.717, 1.165) is 36.8 Å². The summed E-state index contributed by atoms with van der Waals surface area (Å²) in [6.45, 7) is 9.98. The highest BCUT2D eigenvalue weighted by molar-refractivity contribution is 5.68. The van der Waals surface area contributed by atoms with E-state index in [9.17, 15) is 14.7 Å². The minimum Gasteiger partial charge on any atom is -0.482 e. The molecule has 1 saturated carbocycles. The summed E-state index contributed by atoms with van der Waals surface area (Å²) in [5.41, 5.74) is 2.01. The highest BCUT2D eigenvalue weighted by atomic mass is 16.7. The van der Waals surface area contributed by atoms with Crippen molar-refractivity contribution in [2.24, 2.45) is 28.6 Å². The molecule has 0 heterocycles. The van der Waals surface area contributed by atoms with E-state index in [4.69, 9.17) is 24.4 Å². The molecule has 0 amide bonds. The van der Waals surface area contributed by atoms with Crippen LogP contribution in [0.15, 0.2) is 18.2 Å². The Kier molecular flexibility index (Phi) is 9.51. The van der Waals surface area contributed by atoms with Crippen LogP contribution in [0.1, 0.15) is 71.4 Å². The van der Waals surface area contributed by atoms with Crippen molar-refractivity contribution in [2.75, 3.05) is 19.8 Å². The highest BCUT2D eigenvalue weighted by Gasteiger charge is 2.48. The number of carboxylic acid groups (broad SMARTS) is 1. The van der Waals surface area contributed by atoms with Gasteiger partial charge in [0, 0.05) is 0 Å². The number of rotatable bonds is 11. The van der Waals surface area contributed by atoms with Gasteiger partial charge in [-0.2, -0.15) is 0 Å². The van der Waals surface area contributed by atoms with Gasteiger partial charge >= 0.3 is 12.1 Å². The normalized spacial score (nSPS) is 24.1. The van der Waals surface area contributed by atoms with Crippen molar-refractivity contribution >= 4 is 12.1 Å². The second kappa shape index (κ2) is 12.0. The monoisotopic (exact) mass is 520 g/mol. The molecular weight excluding hydrogens is 476 g/mol. The molecule has 0 aliphatic heterocycles. The third-order valence-electron chi connectivity index (χ3n) is 7.89. The number of ether oxygens (including phenoxy) is 3. The summed E-state index contributed by atoms with van der Waals surface area (Å²) in [5, 5.41) is 29.2. The molecule has 0 spiro atoms. The molecule has 8 heteroatoms. The lowest BCUT2D eigenvalue weighted by Crippen LogP contribution is -2.35. The summed E-state index contributed by atoms with van der Waals surface area (Å²) >= 11 is 0. The minimum atomic E-state index is -1.02. The van der Waals surface area contributed by atoms with Gasteiger partial charge in [-0.15, -0.1) is 0 Å². The number of carbonyl (C=O) groups is 2. The van der Waals surface area contributed by atoms with Gasteiger partial charge in [0.1, 0.15) is 18.5 Å². The molecule has 1 fully saturated rings. The molecule has 2 aliphatic rings. The molecule has 0 aromatic heterocycles. The number of carboxylic acids is 1. The second-order valence-electron chi connectivity index (χ2n) is 12.6. The molecule has 0 saturated heterocycles. The van der Waals surface area contributed by atoms with Gasteiger partial charge in [0.25, 0.3) is 0 Å². The van der Waals surface area contributed by atoms with Crippen LogP contribution in [-0.2, 0) is 27.1 Å². The predicted octanol–water partition coefficient (Wildman–Crippen LogP) is 4.62. The van der Waals surface area contributed by atoms with Crippen molar-refractivity contribution in [3.8, 4) is 5.75 Å². The van der Waals surface area contributed by atoms with Crippen LogP contribution in [0.5, 0.6) is 5.75 Å². The lowest BCUT2D eigenvalue weighted by atomic mass is 9.70. The maximum Gasteiger partial charge on any atom is 0.508 e. The van der Waals surface area contributed by atoms with E-state index in [1.165, 1.54) is 0 Å². The zero-order chi connectivity index (χ0) is 27.4. The molecule has 0 radical (unpaired) electrons. The lowest BCUT2D eigenvalue weighted by molar-refractivity contribution is -0.139. The zero-order valence-corrected chi connectivity index (χ0v) is 22.9. The quantitative estimate of drug-likeness (QED) is 0.361. The van der Waals surface area contributed by atoms with Gasteiger partial charge in [0.05, 0.1) is 12.7 Å². The SMILES string of the molecule is CC(C)(C)CC(C)(C)[C@H](O)CC[C@@H]1[C@H]2Cc3cccc(OCC(=O)O)c3C[C@H]2C[C@H]1OC(=O)OCCO. The van der Waals surface area contributed by atoms with Crippen molar-refractivity contribution in [1.29, 1.82) is 0 Å². The first-order valence-electron chi connectivity index (χ1n) is 13.4. The molecule has 37 heavy (non-hydrogen) atoms. The van der Waals surface area contributed by atoms with E-state index in [-0.39, 0.29) is 47.9 Å². The lowest BCUT2D eigenvalue weighted by Gasteiger charge is -2.38. The fourth-order valence-corrected chi connectivity index (χ4v) is 6.70. The average molecular weight is 521 g/mol. The van der Waals surface area contributed by atoms with Gasteiger partial charge in [0.2, 0.25) is 0 Å². The number of aliphatic hydroxyl groups is 2. The van der Waals surface area contributed by atoms with Gasteiger partial charge in [-0.05, 0) is 84.3 Å². The summed E-state index contributed by atoms with van der Waals surface area (Å²) in [4.78, 5) is 23.3. The van der Waals surface area contributed by atoms with Crippen LogP contribution in [0.25, 0.3) is 0 Å². The Bertz CT molecular complexity index is 934. The Hall–Kier alpha value is -2.32. The topological polar surface area (TPSA) is 123 Å². The van der Waals surface area contributed by atoms with E-state index in [0.29, 0.717) is 18.6 Å². The van der Waals surface area contributed by atoms with Crippen LogP contribution in [0.4, 0.5) is 4.79 Å². The molecular formula is C29H44O8. The molecule has 2 aliphatic carbocycles. The summed E-state index contributed by atoms with van der Waals surface area (Å²) in [6, 6.07) is 5.75. The number of fused-ring (bicyclic) bond motifs is 2. The molecule has 3 N–H and O–H groups in total. The van der Waals surface area contributed by atoms with Crippen LogP contribution in [0, 0.1) is 28.6 Å². The van der Waals surface area contributed by atoms with Gasteiger partial charge in [-0.1, -0.05) is 46.8 Å². The molecule has 208 valence electrons. The number of aliphatic hydroxyl groups excluding tert-OH is 2. The molecule has 1 aromatic rings. The molecule has 8 nitrogen and oxygen atoms in total. The first kappa shape index (κ1) is 29.2. The Morgan fingerprint density at radius 1 is 1.14 bits per heavy atom. The molecule has 0 unspecified atom stereocenters. The van der Waals surface area contributed by atoms with Crippen molar-refractivity contribution in [1.82, 2.24) is 0 Å². The molecule has 0 bridgehead atoms. The van der Waals surface area contributed by atoms with Crippen molar-refractivity contribution < 1.29 is 39.1 Å². The van der Waals surface area contributed by atoms with Gasteiger partial charge in [0.15, 0.2) is 6.61 Å². The fourth-order valence-electron chi connectivity index (χ4n) is 6.70. The number of hydrogen-bond donors (Lipinski definition) is 3. The van der Waals surface area contributed by atoms with Gasteiger partial charge in [-0.3, -0.25) is 0 Å². The standard InChI is InChI=1S/C29H44O8/c1-28(2,3)17-29(4,5)25(31)10-9-20-21-13-18-7-6-8-23(36-16-26(32)33)22(18)14-19(21)15-24(20)37-27(34)35-12-11-30/h6-8,19-21,24-25,30-31H,9-17H2,1-5H3,(H,32,33)/t19-,20+,21-,24+,25+/m0/s1. The number of carbonyl (C=O) groups excluding carboxylic acids is 1. The Balaban J connectivity index is 1.78. The Morgan fingerprint density at radius 3 is 2.51 bits per heavy atom. The minimum absolute atomic E-state index is 0.0588. The van der Waals surface area contributed by atoms with Crippen molar-refractivity contribution in [3.05, 3.63) is 29.3 Å². The summed E-state index contributed by atoms with van der Waals surface area (Å²) < 4.78 is 16.3. The Morgan fingerprint density at radius 2 is 1.86 bits per heavy atom. The van der Waals surface area contributed by atoms with E-state index in [2.05, 4.69) is 40.7 Å². The molecule has 3 rings (SSSR count). The third kappa shape index (κ3) is 7.84. The molecule has 5 atom stereocenters. The predicted molar refractivity (Wildman–Crippen MR) is 138 cm³/mol. The van der Waals surface area contributed by atoms with Crippen LogP contribution in [0.3, 0.4) is 0 Å². The van der Waals surface area contributed by atoms with E-state index in [1.807, 2.05) is 12.1 Å². The van der Waals surface area contributed by atoms with E-state index < -0.39 is 24.8 Å². The van der Waals surface area contributed by atoms with E-state index >= 15 is 0 Å². The first-order valence-corrected chi connectivity index (χ1v) is 13.4. The van der Waals surface area contributed by atoms with E-state index in [1.54, 1.807) is 0 Å². The summed E-state index contributed by atoms with van der Waals surface area (Å²) in [5.74, 6) is 0.137. The fraction of sp³-hybridized carbons (Fsp3) is 0.724. The maximum absolute atomic E-state index is 12.3. The van der Waals surface area contributed by atoms with Crippen molar-refractivity contribution in [2.45, 2.75) is 85.4 Å². The number of hydrogen-bond acceptors (Lipinski definition) is 7. The van der Waals surface area contributed by atoms with Crippen LogP contribution < -0.4 is 4.74 Å². The zero-order valence-electron chi connectivity index (χ0n) is 22.9. The number of aliphatic carboxylic acids is 1. The second-order valence-corrected chi connectivity index (χ2v) is 12.6. The average Bonchev–Trinajstić information content (AvgIpc) is 3.12. The van der Waals surface area contributed by atoms with Crippen LogP contribution in [-0.4, -0.2) is 59.5 Å². The largest absolute Gasteiger partial charge is 0.508 e. The first-order chi connectivity index (χ1) is 17.3. The van der Waals surface area contributed by atoms with Crippen LogP contribution >= 0.6 is 0 Å². The third-order valence-corrected chi connectivity index (χ3v) is 7.89. The Labute approximate surface area is 220 Å². The summed E-state index contributed by atoms with van der Waals surface area (Å²) in [7, 11) is 0. The highest BCUT2D eigenvalue weighted by Crippen LogP contribution is 2.50. The van der Waals surface area contributed by atoms with Gasteiger partial charge in [-0.25, -0.2) is 9.59 Å². The molecule has 1 aromatic carbocycles. The smallest absolute Gasteiger partial charge is 0.482 e. The summed E-state index contributed by atoms with van der Waals surface area (Å²) in [6.07, 6.45) is 2.76. The van der Waals surface area contributed by atoms with Gasteiger partial charge < -0.3 is 29.5 Å². The number of benzene rings is 1. The van der Waals surface area contributed by atoms with Crippen LogP contribution in [0.2, 0.25) is 0 Å². The maximum atomic E-state index is 12.3.